The molecule has 0 fully saturated rings. The van der Waals surface area contributed by atoms with Crippen molar-refractivity contribution in [2.45, 2.75) is 12.8 Å². The molecule has 4 nitrogen and oxygen atoms in total. The lowest BCUT2D eigenvalue weighted by molar-refractivity contribution is 0.557. The fourth-order valence-electron chi connectivity index (χ4n) is 1.35. The van der Waals surface area contributed by atoms with Crippen LogP contribution in [-0.4, -0.2) is 13.7 Å². The molecular formula is C9H9NO3S. The Balaban J connectivity index is 2.23. The Labute approximate surface area is 83.6 Å². The minimum Gasteiger partial charge on any atom is -0.451 e. The topological polar surface area (TPSA) is 63.3 Å². The van der Waals surface area contributed by atoms with Crippen LogP contribution in [-0.2, 0) is 11.1 Å². The van der Waals surface area contributed by atoms with Gasteiger partial charge in [-0.15, -0.1) is 0 Å². The molecule has 0 amide bonds. The van der Waals surface area contributed by atoms with Crippen LogP contribution in [0, 0.1) is 0 Å². The summed E-state index contributed by atoms with van der Waals surface area (Å²) in [6.07, 6.45) is 7.75. The average Bonchev–Trinajstić information content (AvgIpc) is 2.71. The van der Waals surface area contributed by atoms with Gasteiger partial charge in [0.1, 0.15) is 12.0 Å². The molecule has 0 spiro atoms. The van der Waals surface area contributed by atoms with E-state index in [-0.39, 0.29) is 0 Å². The van der Waals surface area contributed by atoms with E-state index in [4.69, 9.17) is 8.97 Å². The molecule has 0 bridgehead atoms. The molecule has 5 heteroatoms. The van der Waals surface area contributed by atoms with Gasteiger partial charge in [-0.05, 0) is 24.5 Å². The maximum Gasteiger partial charge on any atom is 0.182 e. The lowest BCUT2D eigenvalue weighted by atomic mass is 10.0. The molecule has 1 aromatic heterocycles. The van der Waals surface area contributed by atoms with Gasteiger partial charge in [-0.3, -0.25) is 0 Å². The van der Waals surface area contributed by atoms with E-state index < -0.39 is 11.1 Å². The Morgan fingerprint density at radius 1 is 1.43 bits per heavy atom. The molecule has 0 saturated heterocycles. The lowest BCUT2D eigenvalue weighted by Crippen LogP contribution is -1.98. The van der Waals surface area contributed by atoms with Crippen molar-refractivity contribution in [3.63, 3.8) is 0 Å². The quantitative estimate of drug-likeness (QED) is 0.759. The summed E-state index contributed by atoms with van der Waals surface area (Å²) in [5.41, 5.74) is 1.83. The Morgan fingerprint density at radius 2 is 2.29 bits per heavy atom. The van der Waals surface area contributed by atoms with Crippen LogP contribution in [0.4, 0.5) is 0 Å². The van der Waals surface area contributed by atoms with Crippen LogP contribution < -0.4 is 0 Å². The zero-order chi connectivity index (χ0) is 9.97. The van der Waals surface area contributed by atoms with Gasteiger partial charge in [0.25, 0.3) is 0 Å². The van der Waals surface area contributed by atoms with Gasteiger partial charge < -0.3 is 8.97 Å². The molecular weight excluding hydrogens is 202 g/mol. The molecule has 1 atom stereocenters. The highest BCUT2D eigenvalue weighted by Crippen LogP contribution is 2.26. The SMILES string of the molecule is O=S(O)C1=CC=C(c2cocn2)CC1. The predicted molar refractivity (Wildman–Crippen MR) is 52.6 cm³/mol. The van der Waals surface area contributed by atoms with Crippen LogP contribution in [0.15, 0.2) is 34.1 Å². The summed E-state index contributed by atoms with van der Waals surface area (Å²) in [6, 6.07) is 0. The molecule has 1 aliphatic carbocycles. The number of oxazole rings is 1. The van der Waals surface area contributed by atoms with Gasteiger partial charge in [0, 0.05) is 4.91 Å². The fourth-order valence-corrected chi connectivity index (χ4v) is 1.81. The third-order valence-corrected chi connectivity index (χ3v) is 2.89. The van der Waals surface area contributed by atoms with E-state index in [2.05, 4.69) is 4.98 Å². The number of hydrogen-bond donors (Lipinski definition) is 1. The van der Waals surface area contributed by atoms with Gasteiger partial charge in [0.15, 0.2) is 17.5 Å². The fraction of sp³-hybridized carbons (Fsp3) is 0.222. The van der Waals surface area contributed by atoms with E-state index in [1.165, 1.54) is 6.39 Å². The van der Waals surface area contributed by atoms with E-state index in [0.717, 1.165) is 17.7 Å². The first-order valence-corrected chi connectivity index (χ1v) is 5.27. The highest BCUT2D eigenvalue weighted by Gasteiger charge is 2.12. The highest BCUT2D eigenvalue weighted by atomic mass is 32.2. The average molecular weight is 211 g/mol. The Kier molecular flexibility index (Phi) is 2.60. The van der Waals surface area contributed by atoms with Crippen LogP contribution in [0.1, 0.15) is 18.5 Å². The summed E-state index contributed by atoms with van der Waals surface area (Å²) in [5.74, 6) is 0. The van der Waals surface area contributed by atoms with Gasteiger partial charge in [-0.25, -0.2) is 9.19 Å². The van der Waals surface area contributed by atoms with Gasteiger partial charge >= 0.3 is 0 Å². The van der Waals surface area contributed by atoms with Crippen molar-refractivity contribution in [1.29, 1.82) is 0 Å². The molecule has 0 aliphatic heterocycles. The Morgan fingerprint density at radius 3 is 2.79 bits per heavy atom. The molecule has 74 valence electrons. The molecule has 0 aromatic carbocycles. The summed E-state index contributed by atoms with van der Waals surface area (Å²) in [4.78, 5) is 4.56. The molecule has 1 aromatic rings. The van der Waals surface area contributed by atoms with Crippen molar-refractivity contribution in [2.75, 3.05) is 0 Å². The second-order valence-electron chi connectivity index (χ2n) is 2.95. The Bertz CT molecular complexity index is 406. The number of rotatable bonds is 2. The molecule has 1 N–H and O–H groups in total. The van der Waals surface area contributed by atoms with E-state index in [0.29, 0.717) is 11.3 Å². The number of allylic oxidation sites excluding steroid dienone is 4. The minimum absolute atomic E-state index is 0.553. The van der Waals surface area contributed by atoms with E-state index >= 15 is 0 Å². The summed E-state index contributed by atoms with van der Waals surface area (Å²) in [5, 5.41) is 0. The lowest BCUT2D eigenvalue weighted by Gasteiger charge is -2.09. The van der Waals surface area contributed by atoms with Crippen LogP contribution in [0.3, 0.4) is 0 Å². The second kappa shape index (κ2) is 3.89. The zero-order valence-corrected chi connectivity index (χ0v) is 8.16. The van der Waals surface area contributed by atoms with Crippen LogP contribution in [0.5, 0.6) is 0 Å². The monoisotopic (exact) mass is 211 g/mol. The molecule has 14 heavy (non-hydrogen) atoms. The first kappa shape index (κ1) is 9.36. The van der Waals surface area contributed by atoms with Crippen molar-refractivity contribution in [1.82, 2.24) is 4.98 Å². The third kappa shape index (κ3) is 1.83. The maximum atomic E-state index is 10.7. The number of hydrogen-bond acceptors (Lipinski definition) is 3. The van der Waals surface area contributed by atoms with Crippen molar-refractivity contribution in [2.24, 2.45) is 0 Å². The molecule has 1 unspecified atom stereocenters. The van der Waals surface area contributed by atoms with E-state index in [9.17, 15) is 4.21 Å². The number of nitrogens with zero attached hydrogens (tertiary/aromatic N) is 1. The predicted octanol–water partition coefficient (Wildman–Crippen LogP) is 1.96. The van der Waals surface area contributed by atoms with E-state index in [1.54, 1.807) is 12.3 Å². The first-order valence-electron chi connectivity index (χ1n) is 4.16. The Hall–Kier alpha value is -1.20. The van der Waals surface area contributed by atoms with Gasteiger partial charge in [-0.2, -0.15) is 0 Å². The number of aromatic nitrogens is 1. The van der Waals surface area contributed by atoms with Crippen LogP contribution in [0.25, 0.3) is 5.57 Å². The first-order chi connectivity index (χ1) is 6.77. The molecule has 1 aliphatic rings. The van der Waals surface area contributed by atoms with Gasteiger partial charge in [0.05, 0.1) is 0 Å². The van der Waals surface area contributed by atoms with Crippen molar-refractivity contribution in [3.8, 4) is 0 Å². The summed E-state index contributed by atoms with van der Waals surface area (Å²) < 4.78 is 24.4. The highest BCUT2D eigenvalue weighted by molar-refractivity contribution is 7.83. The molecule has 0 saturated carbocycles. The second-order valence-corrected chi connectivity index (χ2v) is 3.97. The van der Waals surface area contributed by atoms with Crippen molar-refractivity contribution in [3.05, 3.63) is 35.4 Å². The van der Waals surface area contributed by atoms with Crippen molar-refractivity contribution >= 4 is 16.7 Å². The standard InChI is InChI=1S/C9H9NO3S/c11-14(12)8-3-1-7(2-4-8)9-5-13-6-10-9/h1,3,5-6H,2,4H2,(H,11,12). The molecule has 2 rings (SSSR count). The minimum atomic E-state index is -1.84. The smallest absolute Gasteiger partial charge is 0.182 e. The van der Waals surface area contributed by atoms with Gasteiger partial charge in [-0.1, -0.05) is 6.08 Å². The maximum absolute atomic E-state index is 10.7. The summed E-state index contributed by atoms with van der Waals surface area (Å²) in [6.45, 7) is 0. The van der Waals surface area contributed by atoms with Crippen LogP contribution in [0.2, 0.25) is 0 Å². The largest absolute Gasteiger partial charge is 0.451 e. The molecule has 1 heterocycles. The van der Waals surface area contributed by atoms with Crippen LogP contribution >= 0.6 is 0 Å². The summed E-state index contributed by atoms with van der Waals surface area (Å²) in [7, 11) is 0. The van der Waals surface area contributed by atoms with Gasteiger partial charge in [0.2, 0.25) is 0 Å². The zero-order valence-electron chi connectivity index (χ0n) is 7.34. The summed E-state index contributed by atoms with van der Waals surface area (Å²) >= 11 is -1.84. The van der Waals surface area contributed by atoms with Crippen molar-refractivity contribution < 1.29 is 13.2 Å². The molecule has 0 radical (unpaired) electrons. The third-order valence-electron chi connectivity index (χ3n) is 2.10. The van der Waals surface area contributed by atoms with E-state index in [1.807, 2.05) is 6.08 Å². The normalized spacial score (nSPS) is 18.6.